The van der Waals surface area contributed by atoms with E-state index in [2.05, 4.69) is 171 Å². The molecule has 0 N–H and O–H groups in total. The van der Waals surface area contributed by atoms with Crippen LogP contribution >= 0.6 is 0 Å². The minimum Gasteiger partial charge on any atom is -0.0656 e. The van der Waals surface area contributed by atoms with E-state index in [0.717, 1.165) is 0 Å². The van der Waals surface area contributed by atoms with Crippen molar-refractivity contribution in [2.75, 3.05) is 0 Å². The minimum absolute atomic E-state index is 1.27. The molecule has 218 valence electrons. The molecule has 9 aromatic carbocycles. The molecule has 0 heterocycles. The lowest BCUT2D eigenvalue weighted by atomic mass is 9.83. The summed E-state index contributed by atoms with van der Waals surface area (Å²) in [4.78, 5) is 0. The summed E-state index contributed by atoms with van der Waals surface area (Å²) in [6.45, 7) is 7.43. The molecule has 0 unspecified atom stereocenters. The molecule has 0 aromatic heterocycles. The van der Waals surface area contributed by atoms with Crippen molar-refractivity contribution in [3.8, 4) is 22.3 Å². The van der Waals surface area contributed by atoms with Crippen molar-refractivity contribution in [2.24, 2.45) is 0 Å². The van der Waals surface area contributed by atoms with Gasteiger partial charge in [0.05, 0.1) is 8.07 Å². The summed E-state index contributed by atoms with van der Waals surface area (Å²) < 4.78 is 0. The number of hydrogen-bond donors (Lipinski definition) is 0. The van der Waals surface area contributed by atoms with Crippen molar-refractivity contribution in [1.29, 1.82) is 0 Å². The van der Waals surface area contributed by atoms with Gasteiger partial charge in [-0.05, 0) is 98.1 Å². The first-order valence-electron chi connectivity index (χ1n) is 16.3. The maximum absolute atomic E-state index is 2.48. The van der Waals surface area contributed by atoms with E-state index in [1.807, 2.05) is 0 Å². The summed E-state index contributed by atoms with van der Waals surface area (Å²) >= 11 is 0. The largest absolute Gasteiger partial charge is 0.0792 e. The molecule has 0 aliphatic carbocycles. The fraction of sp³-hybridized carbons (Fsp3) is 0.0667. The van der Waals surface area contributed by atoms with Crippen molar-refractivity contribution in [3.05, 3.63) is 152 Å². The quantitative estimate of drug-likeness (QED) is 0.107. The summed E-state index contributed by atoms with van der Waals surface area (Å²) in [5.41, 5.74) is 5.20. The van der Waals surface area contributed by atoms with Gasteiger partial charge in [-0.25, -0.2) is 0 Å². The van der Waals surface area contributed by atoms with Crippen molar-refractivity contribution in [3.63, 3.8) is 0 Å². The lowest BCUT2D eigenvalue weighted by molar-refractivity contribution is 1.69. The molecule has 0 atom stereocenters. The number of fused-ring (bicyclic) bond motifs is 7. The molecule has 9 aromatic rings. The molecule has 0 saturated heterocycles. The average Bonchev–Trinajstić information content (AvgIpc) is 3.08. The Bertz CT molecular complexity index is 2610. The molecule has 0 aliphatic heterocycles. The Hall–Kier alpha value is -5.24. The molecule has 0 bridgehead atoms. The van der Waals surface area contributed by atoms with Crippen LogP contribution in [0.1, 0.15) is 0 Å². The molecule has 0 fully saturated rings. The number of rotatable bonds is 3. The average molecular weight is 603 g/mol. The standard InChI is InChI=1S/C45H34Si/c1-46(2,3)45-32-18-7-5-15-30(32)28-42-33-23-13-25-36(34(33)26-27-41(42)45)44-39-21-10-8-19-37(39)43(38-20-9-11-22-40(38)44)35-24-12-16-29-14-4-6-17-31(29)35/h4-28H,1-3H3. The van der Waals surface area contributed by atoms with E-state index in [4.69, 9.17) is 0 Å². The van der Waals surface area contributed by atoms with Crippen LogP contribution in [0.4, 0.5) is 0 Å². The third kappa shape index (κ3) is 3.98. The van der Waals surface area contributed by atoms with Gasteiger partial charge in [-0.15, -0.1) is 0 Å². The lowest BCUT2D eigenvalue weighted by Gasteiger charge is -2.24. The fourth-order valence-electron chi connectivity index (χ4n) is 8.08. The summed E-state index contributed by atoms with van der Waals surface area (Å²) in [5.74, 6) is 0. The maximum Gasteiger partial charge on any atom is 0.0792 e. The fourth-order valence-corrected chi connectivity index (χ4v) is 10.1. The van der Waals surface area contributed by atoms with Crippen LogP contribution in [0.2, 0.25) is 19.6 Å². The van der Waals surface area contributed by atoms with Crippen LogP contribution in [-0.4, -0.2) is 8.07 Å². The summed E-state index contributed by atoms with van der Waals surface area (Å²) in [6, 6.07) is 56.7. The van der Waals surface area contributed by atoms with Crippen LogP contribution in [0.5, 0.6) is 0 Å². The first-order valence-corrected chi connectivity index (χ1v) is 19.8. The Morgan fingerprint density at radius 3 is 1.35 bits per heavy atom. The van der Waals surface area contributed by atoms with Gasteiger partial charge < -0.3 is 0 Å². The van der Waals surface area contributed by atoms with E-state index < -0.39 is 8.07 Å². The van der Waals surface area contributed by atoms with Gasteiger partial charge >= 0.3 is 0 Å². The van der Waals surface area contributed by atoms with Crippen LogP contribution in [0.25, 0.3) is 86.9 Å². The van der Waals surface area contributed by atoms with Crippen molar-refractivity contribution < 1.29 is 0 Å². The van der Waals surface area contributed by atoms with Gasteiger partial charge in [-0.2, -0.15) is 0 Å². The molecule has 1 heteroatoms. The van der Waals surface area contributed by atoms with E-state index in [9.17, 15) is 0 Å². The predicted molar refractivity (Wildman–Crippen MR) is 205 cm³/mol. The van der Waals surface area contributed by atoms with Crippen molar-refractivity contribution in [1.82, 2.24) is 0 Å². The first-order chi connectivity index (χ1) is 22.5. The van der Waals surface area contributed by atoms with Crippen LogP contribution in [0.3, 0.4) is 0 Å². The van der Waals surface area contributed by atoms with Gasteiger partial charge in [-0.1, -0.05) is 165 Å². The zero-order valence-corrected chi connectivity index (χ0v) is 27.4. The zero-order valence-electron chi connectivity index (χ0n) is 26.4. The number of benzene rings is 9. The highest BCUT2D eigenvalue weighted by atomic mass is 28.3. The second-order valence-corrected chi connectivity index (χ2v) is 18.7. The molecule has 0 saturated carbocycles. The molecule has 0 radical (unpaired) electrons. The zero-order chi connectivity index (χ0) is 31.0. The highest BCUT2D eigenvalue weighted by Crippen LogP contribution is 2.47. The summed E-state index contributed by atoms with van der Waals surface area (Å²) in [7, 11) is -1.66. The first kappa shape index (κ1) is 27.1. The van der Waals surface area contributed by atoms with Crippen LogP contribution in [0, 0.1) is 0 Å². The SMILES string of the molecule is C[Si](C)(C)c1c2ccccc2cc2c1ccc1c(-c3c4ccccc4c(-c4cccc5ccccc45)c4ccccc34)cccc12. The summed E-state index contributed by atoms with van der Waals surface area (Å²) in [6.07, 6.45) is 0. The Morgan fingerprint density at radius 2 is 0.739 bits per heavy atom. The topological polar surface area (TPSA) is 0 Å². The molecule has 0 amide bonds. The highest BCUT2D eigenvalue weighted by molar-refractivity contribution is 6.92. The van der Waals surface area contributed by atoms with Crippen molar-refractivity contribution in [2.45, 2.75) is 19.6 Å². The van der Waals surface area contributed by atoms with E-state index in [0.29, 0.717) is 0 Å². The van der Waals surface area contributed by atoms with E-state index in [-0.39, 0.29) is 0 Å². The monoisotopic (exact) mass is 602 g/mol. The second kappa shape index (κ2) is 10.1. The molecule has 46 heavy (non-hydrogen) atoms. The van der Waals surface area contributed by atoms with Crippen LogP contribution < -0.4 is 5.19 Å². The second-order valence-electron chi connectivity index (χ2n) is 13.7. The van der Waals surface area contributed by atoms with Crippen molar-refractivity contribution >= 4 is 77.9 Å². The summed E-state index contributed by atoms with van der Waals surface area (Å²) in [5, 5.41) is 17.4. The molecule has 0 spiro atoms. The Labute approximate surface area is 270 Å². The van der Waals surface area contributed by atoms with Crippen LogP contribution in [0.15, 0.2) is 152 Å². The van der Waals surface area contributed by atoms with Gasteiger partial charge in [0.2, 0.25) is 0 Å². The lowest BCUT2D eigenvalue weighted by Crippen LogP contribution is -2.38. The van der Waals surface area contributed by atoms with Gasteiger partial charge in [0.25, 0.3) is 0 Å². The van der Waals surface area contributed by atoms with E-state index >= 15 is 0 Å². The third-order valence-corrected chi connectivity index (χ3v) is 12.0. The third-order valence-electron chi connectivity index (χ3n) is 9.91. The molecular formula is C45H34Si. The van der Waals surface area contributed by atoms with E-state index in [1.54, 1.807) is 5.19 Å². The molecule has 9 rings (SSSR count). The molecular weight excluding hydrogens is 569 g/mol. The molecule has 0 nitrogen and oxygen atoms in total. The van der Waals surface area contributed by atoms with E-state index in [1.165, 1.54) is 86.9 Å². The Balaban J connectivity index is 1.42. The maximum atomic E-state index is 2.48. The Kier molecular flexibility index (Phi) is 5.97. The number of hydrogen-bond acceptors (Lipinski definition) is 0. The van der Waals surface area contributed by atoms with Gasteiger partial charge in [0.15, 0.2) is 0 Å². The van der Waals surface area contributed by atoms with Gasteiger partial charge in [-0.3, -0.25) is 0 Å². The smallest absolute Gasteiger partial charge is 0.0656 e. The Morgan fingerprint density at radius 1 is 0.304 bits per heavy atom. The van der Waals surface area contributed by atoms with Gasteiger partial charge in [0.1, 0.15) is 0 Å². The normalized spacial score (nSPS) is 12.2. The van der Waals surface area contributed by atoms with Crippen LogP contribution in [-0.2, 0) is 0 Å². The minimum atomic E-state index is -1.66. The predicted octanol–water partition coefficient (Wildman–Crippen LogP) is 12.5. The molecule has 0 aliphatic rings. The highest BCUT2D eigenvalue weighted by Gasteiger charge is 2.24. The van der Waals surface area contributed by atoms with Gasteiger partial charge in [0, 0.05) is 0 Å².